The molecule has 8 nitrogen and oxygen atoms in total. The number of hydrogen-bond acceptors (Lipinski definition) is 6. The van der Waals surface area contributed by atoms with E-state index in [0.29, 0.717) is 30.7 Å². The number of carboxylic acid groups (broad SMARTS) is 1. The maximum atomic E-state index is 12.6. The fraction of sp³-hybridized carbons (Fsp3) is 0.241. The van der Waals surface area contributed by atoms with Crippen LogP contribution in [0.2, 0.25) is 0 Å². The van der Waals surface area contributed by atoms with Crippen LogP contribution >= 0.6 is 0 Å². The van der Waals surface area contributed by atoms with Gasteiger partial charge in [-0.25, -0.2) is 9.79 Å². The van der Waals surface area contributed by atoms with Crippen LogP contribution in [0.5, 0.6) is 0 Å². The van der Waals surface area contributed by atoms with E-state index in [1.807, 2.05) is 85.8 Å². The number of nitrogens with zero attached hydrogens (tertiary/aromatic N) is 2. The standard InChI is InChI=1S/C29H30N4O4/c1-3-25(33-30)26(32-28(36)37-19(2)20-7-5-4-6-8-20)31-24-15-11-22(12-16-24)21-9-13-23(14-10-21)29(17-18-29)27(34)35/h4-16,19H,3,17-18,30H2,1-2H3,(H,34,35)(H,31,32,36)/b33-25-/t19-/m1/s1. The first kappa shape index (κ1) is 25.6. The maximum absolute atomic E-state index is 12.6. The normalized spacial score (nSPS) is 15.5. The number of nitrogens with one attached hydrogen (secondary N) is 1. The first-order valence-electron chi connectivity index (χ1n) is 12.2. The lowest BCUT2D eigenvalue weighted by molar-refractivity contribution is -0.140. The zero-order chi connectivity index (χ0) is 26.4. The molecule has 8 heteroatoms. The lowest BCUT2D eigenvalue weighted by Crippen LogP contribution is -2.37. The molecule has 1 fully saturated rings. The van der Waals surface area contributed by atoms with Crippen LogP contribution in [0.3, 0.4) is 0 Å². The molecule has 3 aromatic carbocycles. The van der Waals surface area contributed by atoms with E-state index >= 15 is 0 Å². The molecule has 190 valence electrons. The largest absolute Gasteiger partial charge is 0.481 e. The molecule has 37 heavy (non-hydrogen) atoms. The fourth-order valence-electron chi connectivity index (χ4n) is 4.15. The summed E-state index contributed by atoms with van der Waals surface area (Å²) in [5.74, 6) is 5.00. The summed E-state index contributed by atoms with van der Waals surface area (Å²) in [6.07, 6.45) is 0.714. The van der Waals surface area contributed by atoms with Gasteiger partial charge in [-0.15, -0.1) is 0 Å². The molecule has 0 saturated heterocycles. The Morgan fingerprint density at radius 3 is 2.11 bits per heavy atom. The van der Waals surface area contributed by atoms with Crippen molar-refractivity contribution in [2.24, 2.45) is 15.9 Å². The van der Waals surface area contributed by atoms with Crippen molar-refractivity contribution in [1.29, 1.82) is 0 Å². The summed E-state index contributed by atoms with van der Waals surface area (Å²) in [6, 6.07) is 24.6. The van der Waals surface area contributed by atoms with E-state index in [-0.39, 0.29) is 5.84 Å². The van der Waals surface area contributed by atoms with Gasteiger partial charge in [0.1, 0.15) is 11.8 Å². The molecular weight excluding hydrogens is 468 g/mol. The molecule has 0 aromatic heterocycles. The molecule has 0 aliphatic heterocycles. The molecule has 1 saturated carbocycles. The zero-order valence-electron chi connectivity index (χ0n) is 20.8. The van der Waals surface area contributed by atoms with E-state index in [9.17, 15) is 14.7 Å². The number of hydrogen-bond donors (Lipinski definition) is 3. The summed E-state index contributed by atoms with van der Waals surface area (Å²) < 4.78 is 5.51. The van der Waals surface area contributed by atoms with E-state index in [0.717, 1.165) is 22.3 Å². The van der Waals surface area contributed by atoms with Gasteiger partial charge in [0.05, 0.1) is 11.1 Å². The van der Waals surface area contributed by atoms with E-state index in [2.05, 4.69) is 15.4 Å². The fourth-order valence-corrected chi connectivity index (χ4v) is 4.15. The van der Waals surface area contributed by atoms with Gasteiger partial charge in [0, 0.05) is 0 Å². The summed E-state index contributed by atoms with van der Waals surface area (Å²) >= 11 is 0. The number of carbonyl (C=O) groups excluding carboxylic acids is 1. The molecule has 0 unspecified atom stereocenters. The average molecular weight is 499 g/mol. The van der Waals surface area contributed by atoms with Crippen LogP contribution in [0.4, 0.5) is 10.5 Å². The number of ether oxygens (including phenoxy) is 1. The number of carboxylic acids is 1. The van der Waals surface area contributed by atoms with Gasteiger partial charge in [0.15, 0.2) is 5.84 Å². The van der Waals surface area contributed by atoms with Crippen LogP contribution < -0.4 is 11.2 Å². The highest BCUT2D eigenvalue weighted by molar-refractivity contribution is 6.43. The molecule has 1 aliphatic rings. The number of carbonyl (C=O) groups is 2. The Bertz CT molecular complexity index is 1310. The summed E-state index contributed by atoms with van der Waals surface area (Å²) in [4.78, 5) is 28.7. The third kappa shape index (κ3) is 5.86. The van der Waals surface area contributed by atoms with E-state index in [1.165, 1.54) is 0 Å². The first-order chi connectivity index (χ1) is 17.9. The Morgan fingerprint density at radius 2 is 1.59 bits per heavy atom. The van der Waals surface area contributed by atoms with Crippen LogP contribution in [-0.2, 0) is 14.9 Å². The molecule has 0 spiro atoms. The number of rotatable bonds is 8. The van der Waals surface area contributed by atoms with E-state index < -0.39 is 23.6 Å². The number of benzene rings is 3. The van der Waals surface area contributed by atoms with Crippen molar-refractivity contribution < 1.29 is 19.4 Å². The van der Waals surface area contributed by atoms with Crippen molar-refractivity contribution in [2.75, 3.05) is 0 Å². The van der Waals surface area contributed by atoms with Gasteiger partial charge >= 0.3 is 12.1 Å². The van der Waals surface area contributed by atoms with Crippen molar-refractivity contribution in [1.82, 2.24) is 5.32 Å². The number of aliphatic imine (C=N–C) groups is 1. The Labute approximate surface area is 215 Å². The van der Waals surface area contributed by atoms with Crippen molar-refractivity contribution in [2.45, 2.75) is 44.6 Å². The Morgan fingerprint density at radius 1 is 1.00 bits per heavy atom. The second kappa shape index (κ2) is 11.1. The monoisotopic (exact) mass is 498 g/mol. The maximum Gasteiger partial charge on any atom is 0.413 e. The summed E-state index contributed by atoms with van der Waals surface area (Å²) in [5.41, 5.74) is 3.94. The zero-order valence-corrected chi connectivity index (χ0v) is 20.8. The molecule has 1 atom stereocenters. The van der Waals surface area contributed by atoms with Gasteiger partial charge < -0.3 is 15.7 Å². The van der Waals surface area contributed by atoms with Gasteiger partial charge in [0.25, 0.3) is 0 Å². The molecule has 4 N–H and O–H groups in total. The Hall–Kier alpha value is -4.46. The van der Waals surface area contributed by atoms with Crippen LogP contribution in [0.15, 0.2) is 89.0 Å². The van der Waals surface area contributed by atoms with Gasteiger partial charge in [-0.2, -0.15) is 5.10 Å². The first-order valence-corrected chi connectivity index (χ1v) is 12.2. The van der Waals surface area contributed by atoms with Crippen molar-refractivity contribution in [3.8, 4) is 11.1 Å². The van der Waals surface area contributed by atoms with Crippen molar-refractivity contribution in [3.05, 3.63) is 90.0 Å². The van der Waals surface area contributed by atoms with E-state index in [1.54, 1.807) is 6.92 Å². The molecule has 3 aromatic rings. The third-order valence-electron chi connectivity index (χ3n) is 6.58. The Kier molecular flexibility index (Phi) is 7.67. The van der Waals surface area contributed by atoms with Crippen molar-refractivity contribution >= 4 is 29.3 Å². The minimum absolute atomic E-state index is 0.218. The number of hydrazone groups is 1. The summed E-state index contributed by atoms with van der Waals surface area (Å²) in [5, 5.41) is 16.0. The summed E-state index contributed by atoms with van der Waals surface area (Å²) in [7, 11) is 0. The van der Waals surface area contributed by atoms with Gasteiger partial charge in [-0.3, -0.25) is 10.1 Å². The smallest absolute Gasteiger partial charge is 0.413 e. The van der Waals surface area contributed by atoms with Gasteiger partial charge in [-0.05, 0) is 60.6 Å². The predicted molar refractivity (Wildman–Crippen MR) is 144 cm³/mol. The lowest BCUT2D eigenvalue weighted by Gasteiger charge is -2.15. The predicted octanol–water partition coefficient (Wildman–Crippen LogP) is 5.71. The summed E-state index contributed by atoms with van der Waals surface area (Å²) in [6.45, 7) is 3.66. The number of nitrogens with two attached hydrogens (primary N) is 1. The number of aliphatic carboxylic acids is 1. The molecule has 4 rings (SSSR count). The van der Waals surface area contributed by atoms with Crippen LogP contribution in [-0.4, -0.2) is 28.7 Å². The number of amides is 1. The SMILES string of the molecule is CC/C(=N/N)C(=Nc1ccc(-c2ccc(C3(C(=O)O)CC3)cc2)cc1)NC(=O)O[C@H](C)c1ccccc1. The minimum atomic E-state index is -0.766. The quantitative estimate of drug-likeness (QED) is 0.159. The van der Waals surface area contributed by atoms with Gasteiger partial charge in [0.2, 0.25) is 0 Å². The molecule has 1 aliphatic carbocycles. The molecule has 0 radical (unpaired) electrons. The Balaban J connectivity index is 1.49. The number of alkyl carbamates (subject to hydrolysis) is 1. The number of amidine groups is 1. The third-order valence-corrected chi connectivity index (χ3v) is 6.58. The van der Waals surface area contributed by atoms with E-state index in [4.69, 9.17) is 10.6 Å². The molecule has 0 bridgehead atoms. The molecule has 0 heterocycles. The van der Waals surface area contributed by atoms with Crippen LogP contribution in [0.1, 0.15) is 50.3 Å². The van der Waals surface area contributed by atoms with Crippen molar-refractivity contribution in [3.63, 3.8) is 0 Å². The highest BCUT2D eigenvalue weighted by atomic mass is 16.6. The lowest BCUT2D eigenvalue weighted by atomic mass is 9.94. The molecular formula is C29H30N4O4. The second-order valence-corrected chi connectivity index (χ2v) is 8.98. The van der Waals surface area contributed by atoms with Crippen LogP contribution in [0.25, 0.3) is 11.1 Å². The van der Waals surface area contributed by atoms with Crippen LogP contribution in [0, 0.1) is 0 Å². The molecule has 1 amide bonds. The van der Waals surface area contributed by atoms with Gasteiger partial charge in [-0.1, -0.05) is 73.7 Å². The average Bonchev–Trinajstić information content (AvgIpc) is 3.73. The minimum Gasteiger partial charge on any atom is -0.481 e. The highest BCUT2D eigenvalue weighted by Gasteiger charge is 2.51. The topological polar surface area (TPSA) is 126 Å². The second-order valence-electron chi connectivity index (χ2n) is 8.98. The highest BCUT2D eigenvalue weighted by Crippen LogP contribution is 2.48.